The topological polar surface area (TPSA) is 63.4 Å². The summed E-state index contributed by atoms with van der Waals surface area (Å²) in [5.41, 5.74) is 0.532. The minimum atomic E-state index is -0.715. The molecule has 0 aliphatic rings. The van der Waals surface area contributed by atoms with Crippen LogP contribution in [-0.2, 0) is 0 Å². The predicted molar refractivity (Wildman–Crippen MR) is 52.9 cm³/mol. The van der Waals surface area contributed by atoms with Crippen molar-refractivity contribution in [3.8, 4) is 0 Å². The Bertz CT molecular complexity index is 349. The van der Waals surface area contributed by atoms with Crippen LogP contribution >= 0.6 is 0 Å². The summed E-state index contributed by atoms with van der Waals surface area (Å²) in [5, 5.41) is 20.0. The highest BCUT2D eigenvalue weighted by Crippen LogP contribution is 2.21. The molecule has 0 fully saturated rings. The molecular weight excluding hydrogens is 182 g/mol. The van der Waals surface area contributed by atoms with E-state index >= 15 is 0 Å². The molecule has 1 rings (SSSR count). The van der Waals surface area contributed by atoms with Crippen LogP contribution in [0.5, 0.6) is 0 Å². The lowest BCUT2D eigenvalue weighted by atomic mass is 10.1. The van der Waals surface area contributed by atoms with Gasteiger partial charge in [-0.1, -0.05) is 18.2 Å². The third-order valence-electron chi connectivity index (χ3n) is 1.86. The van der Waals surface area contributed by atoms with Gasteiger partial charge in [0.15, 0.2) is 0 Å². The highest BCUT2D eigenvalue weighted by molar-refractivity contribution is 5.35. The Balaban J connectivity index is 2.93. The average molecular weight is 193 g/mol. The van der Waals surface area contributed by atoms with E-state index in [0.717, 1.165) is 0 Å². The summed E-state index contributed by atoms with van der Waals surface area (Å²) < 4.78 is 0. The van der Waals surface area contributed by atoms with Crippen LogP contribution in [0.4, 0.5) is 5.69 Å². The summed E-state index contributed by atoms with van der Waals surface area (Å²) in [5.74, 6) is 0. The van der Waals surface area contributed by atoms with Crippen LogP contribution in [-0.4, -0.2) is 10.0 Å². The maximum absolute atomic E-state index is 10.4. The van der Waals surface area contributed by atoms with Crippen molar-refractivity contribution in [2.75, 3.05) is 0 Å². The zero-order valence-electron chi connectivity index (χ0n) is 7.59. The Labute approximate surface area is 81.6 Å². The fourth-order valence-electron chi connectivity index (χ4n) is 1.14. The monoisotopic (exact) mass is 193 g/mol. The molecule has 4 heteroatoms. The van der Waals surface area contributed by atoms with E-state index in [1.807, 2.05) is 0 Å². The number of hydrogen-bond donors (Lipinski definition) is 1. The second kappa shape index (κ2) is 4.53. The average Bonchev–Trinajstić information content (AvgIpc) is 2.18. The summed E-state index contributed by atoms with van der Waals surface area (Å²) in [7, 11) is 0. The van der Waals surface area contributed by atoms with Gasteiger partial charge in [-0.3, -0.25) is 10.1 Å². The summed E-state index contributed by atoms with van der Waals surface area (Å²) >= 11 is 0. The number of benzene rings is 1. The first-order valence-corrected chi connectivity index (χ1v) is 4.18. The largest absolute Gasteiger partial charge is 0.388 e. The summed E-state index contributed by atoms with van der Waals surface area (Å²) in [6.07, 6.45) is 1.25. The molecule has 0 aliphatic carbocycles. The van der Waals surface area contributed by atoms with E-state index in [0.29, 0.717) is 12.0 Å². The Morgan fingerprint density at radius 3 is 2.93 bits per heavy atom. The van der Waals surface area contributed by atoms with E-state index in [9.17, 15) is 15.2 Å². The van der Waals surface area contributed by atoms with Gasteiger partial charge in [0.25, 0.3) is 5.69 Å². The highest BCUT2D eigenvalue weighted by atomic mass is 16.6. The van der Waals surface area contributed by atoms with Crippen LogP contribution in [0.3, 0.4) is 0 Å². The molecule has 14 heavy (non-hydrogen) atoms. The fourth-order valence-corrected chi connectivity index (χ4v) is 1.14. The van der Waals surface area contributed by atoms with Gasteiger partial charge in [0, 0.05) is 12.1 Å². The van der Waals surface area contributed by atoms with Gasteiger partial charge in [0.05, 0.1) is 11.0 Å². The first kappa shape index (κ1) is 10.4. The highest BCUT2D eigenvalue weighted by Gasteiger charge is 2.10. The normalized spacial score (nSPS) is 12.1. The molecule has 0 bridgehead atoms. The Hall–Kier alpha value is -1.68. The maximum Gasteiger partial charge on any atom is 0.269 e. The van der Waals surface area contributed by atoms with E-state index < -0.39 is 11.0 Å². The fraction of sp³-hybridized carbons (Fsp3) is 0.200. The molecule has 1 aromatic rings. The number of rotatable bonds is 4. The molecule has 0 saturated carbocycles. The predicted octanol–water partition coefficient (Wildman–Crippen LogP) is 2.20. The van der Waals surface area contributed by atoms with Crippen LogP contribution in [0.1, 0.15) is 18.1 Å². The van der Waals surface area contributed by atoms with Crippen molar-refractivity contribution in [1.82, 2.24) is 0 Å². The van der Waals surface area contributed by atoms with Gasteiger partial charge in [-0.2, -0.15) is 0 Å². The van der Waals surface area contributed by atoms with Crippen molar-refractivity contribution < 1.29 is 10.0 Å². The minimum Gasteiger partial charge on any atom is -0.388 e. The number of aliphatic hydroxyl groups is 1. The van der Waals surface area contributed by atoms with E-state index in [2.05, 4.69) is 6.58 Å². The lowest BCUT2D eigenvalue weighted by molar-refractivity contribution is -0.385. The van der Waals surface area contributed by atoms with Crippen molar-refractivity contribution in [3.05, 3.63) is 52.6 Å². The molecule has 1 atom stereocenters. The number of nitro groups is 1. The van der Waals surface area contributed by atoms with Crippen LogP contribution in [0, 0.1) is 10.1 Å². The molecule has 0 amide bonds. The molecule has 0 heterocycles. The van der Waals surface area contributed by atoms with Gasteiger partial charge < -0.3 is 5.11 Å². The molecule has 4 nitrogen and oxygen atoms in total. The molecule has 0 radical (unpaired) electrons. The molecule has 1 N–H and O–H groups in total. The van der Waals surface area contributed by atoms with Crippen molar-refractivity contribution in [1.29, 1.82) is 0 Å². The standard InChI is InChI=1S/C10H11NO3/c1-2-4-10(12)8-5-3-6-9(7-8)11(13)14/h2-3,5-7,10,12H,1,4H2/t10-/m1/s1. The molecule has 0 aliphatic heterocycles. The quantitative estimate of drug-likeness (QED) is 0.453. The molecule has 0 aromatic heterocycles. The van der Waals surface area contributed by atoms with Crippen molar-refractivity contribution in [2.45, 2.75) is 12.5 Å². The molecule has 0 spiro atoms. The SMILES string of the molecule is C=CC[C@@H](O)c1cccc([N+](=O)[O-])c1. The Kier molecular flexibility index (Phi) is 3.36. The number of aliphatic hydroxyl groups excluding tert-OH is 1. The van der Waals surface area contributed by atoms with Crippen molar-refractivity contribution in [2.24, 2.45) is 0 Å². The van der Waals surface area contributed by atoms with Gasteiger partial charge in [-0.15, -0.1) is 6.58 Å². The maximum atomic E-state index is 10.4. The Morgan fingerprint density at radius 1 is 1.64 bits per heavy atom. The van der Waals surface area contributed by atoms with Gasteiger partial charge in [0.1, 0.15) is 0 Å². The lowest BCUT2D eigenvalue weighted by Gasteiger charge is -2.07. The second-order valence-corrected chi connectivity index (χ2v) is 2.89. The van der Waals surface area contributed by atoms with Gasteiger partial charge >= 0.3 is 0 Å². The van der Waals surface area contributed by atoms with E-state index in [1.54, 1.807) is 18.2 Å². The van der Waals surface area contributed by atoms with Gasteiger partial charge in [0.2, 0.25) is 0 Å². The molecule has 74 valence electrons. The van der Waals surface area contributed by atoms with E-state index in [4.69, 9.17) is 0 Å². The number of nitrogens with zero attached hydrogens (tertiary/aromatic N) is 1. The first-order valence-electron chi connectivity index (χ1n) is 4.18. The van der Waals surface area contributed by atoms with Crippen LogP contribution < -0.4 is 0 Å². The molecule has 0 saturated heterocycles. The zero-order chi connectivity index (χ0) is 10.6. The number of non-ortho nitro benzene ring substituents is 1. The third-order valence-corrected chi connectivity index (χ3v) is 1.86. The molecule has 1 aromatic carbocycles. The number of hydrogen-bond acceptors (Lipinski definition) is 3. The van der Waals surface area contributed by atoms with E-state index in [-0.39, 0.29) is 5.69 Å². The Morgan fingerprint density at radius 2 is 2.36 bits per heavy atom. The zero-order valence-corrected chi connectivity index (χ0v) is 7.59. The summed E-state index contributed by atoms with van der Waals surface area (Å²) in [4.78, 5) is 9.96. The molecule has 0 unspecified atom stereocenters. The lowest BCUT2D eigenvalue weighted by Crippen LogP contribution is -1.97. The number of nitro benzene ring substituents is 1. The van der Waals surface area contributed by atoms with Crippen LogP contribution in [0.15, 0.2) is 36.9 Å². The summed E-state index contributed by atoms with van der Waals surface area (Å²) in [6, 6.07) is 5.97. The third kappa shape index (κ3) is 2.40. The summed E-state index contributed by atoms with van der Waals surface area (Å²) in [6.45, 7) is 3.49. The van der Waals surface area contributed by atoms with Crippen molar-refractivity contribution in [3.63, 3.8) is 0 Å². The van der Waals surface area contributed by atoms with Crippen LogP contribution in [0.25, 0.3) is 0 Å². The minimum absolute atomic E-state index is 0.00869. The van der Waals surface area contributed by atoms with Crippen molar-refractivity contribution >= 4 is 5.69 Å². The van der Waals surface area contributed by atoms with E-state index in [1.165, 1.54) is 12.1 Å². The van der Waals surface area contributed by atoms with Gasteiger partial charge in [-0.25, -0.2) is 0 Å². The smallest absolute Gasteiger partial charge is 0.269 e. The first-order chi connectivity index (χ1) is 6.65. The van der Waals surface area contributed by atoms with Gasteiger partial charge in [-0.05, 0) is 12.0 Å². The molecular formula is C10H11NO3. The van der Waals surface area contributed by atoms with Crippen LogP contribution in [0.2, 0.25) is 0 Å². The second-order valence-electron chi connectivity index (χ2n) is 2.89.